The Bertz CT molecular complexity index is 4090. The number of thioether (sulfide) groups is 1. The predicted octanol–water partition coefficient (Wildman–Crippen LogP) is 7.57. The number of amides is 7. The molecule has 9 N–H and O–H groups in total. The SMILES string of the molecule is CSC1CCN(CCOCCOCCOCCOCCOCCOCCC(=O)NC(C(=O)NC(CCCN)C(=O)Nc2ccc(COC(=S)N(C)CCN(C)C(=O)Oc3cc4c(c5c(C)c[nH]c35)C(CCl)CN4C(=O)C34CC(C(=O)N5CC(CCl)c6c5cc(OP(=O)(O)O)c5[nH]cc(C)c65)(C3)C4)cc2)C(C)C)C1=O. The Balaban J connectivity index is 0.613. The molecule has 1 saturated heterocycles. The Kier molecular flexibility index (Phi) is 29.9. The number of thiocarbonyl (C=S) groups is 1. The second-order valence-corrected chi connectivity index (χ2v) is 31.9. The van der Waals surface area contributed by atoms with Crippen molar-refractivity contribution >= 4 is 141 Å². The summed E-state index contributed by atoms with van der Waals surface area (Å²) in [6.07, 6.45) is 7.30. The summed E-state index contributed by atoms with van der Waals surface area (Å²) in [6.45, 7) is 14.5. The number of alkyl halides is 2. The lowest BCUT2D eigenvalue weighted by molar-refractivity contribution is -0.205. The number of benzene rings is 3. The number of H-pyrrole nitrogens is 2. The zero-order valence-corrected chi connectivity index (χ0v) is 66.8. The lowest BCUT2D eigenvalue weighted by atomic mass is 9.34. The van der Waals surface area contributed by atoms with Gasteiger partial charge in [-0.15, -0.1) is 23.2 Å². The first-order chi connectivity index (χ1) is 52.2. The largest absolute Gasteiger partial charge is 0.524 e. The molecule has 2 aromatic heterocycles. The van der Waals surface area contributed by atoms with Crippen molar-refractivity contribution < 1.29 is 90.3 Å². The molecule has 0 radical (unpaired) electrons. The number of aryl methyl sites for hydroxylation is 2. The van der Waals surface area contributed by atoms with Crippen LogP contribution in [-0.2, 0) is 73.1 Å². The van der Waals surface area contributed by atoms with E-state index >= 15 is 0 Å². The number of rotatable bonds is 43. The maximum Gasteiger partial charge on any atom is 0.524 e. The first kappa shape index (κ1) is 84.6. The third-order valence-corrected chi connectivity index (χ3v) is 23.3. The van der Waals surface area contributed by atoms with E-state index in [0.717, 1.165) is 46.2 Å². The number of anilines is 3. The normalized spacial score (nSPS) is 19.7. The number of likely N-dealkylation sites (tertiary alicyclic amines) is 1. The molecule has 598 valence electrons. The first-order valence-electron chi connectivity index (χ1n) is 36.8. The predicted molar refractivity (Wildman–Crippen MR) is 418 cm³/mol. The number of nitrogens with two attached hydrogens (primary N) is 1. The van der Waals surface area contributed by atoms with E-state index in [0.29, 0.717) is 132 Å². The van der Waals surface area contributed by atoms with Gasteiger partial charge in [0.15, 0.2) is 11.5 Å². The van der Waals surface area contributed by atoms with Gasteiger partial charge in [-0.1, -0.05) is 26.0 Å². The molecule has 5 aromatic rings. The standard InChI is InChI=1S/C74H102Cl2N11O19PS2/c1-45(2)63(82-58(88)15-21-98-23-25-100-27-29-102-31-32-103-30-28-101-26-24-99-22-20-85-17-14-57(109-7)68(85)91)67(90)81-52(9-8-16-77)66(89)80-51-12-10-48(11-13-51)41-104-72(108)84(6)19-18-83(5)71(94)105-55-33-53-61(59-46(3)37-78-64(55)59)49(35-75)39-86(53)69(92)73-42-74(43-73,44-73)70(93)87-40-50(36-76)62-54(87)34-56(106-107(95,96)97)65-60(62)47(4)38-79-65/h10-13,33-34,37-38,45,49-50,52,57,63,78-79H,8-9,14-32,35-36,39-44,77H2,1-7H3,(H,80,89)(H,81,90)(H,82,88)(H2,95,96,97). The molecule has 6 aliphatic rings. The number of aromatic nitrogens is 2. The number of likely N-dealkylation sites (N-methyl/N-ethyl adjacent to an activating group) is 2. The second-order valence-electron chi connectivity index (χ2n) is 28.8. The van der Waals surface area contributed by atoms with Crippen LogP contribution >= 0.6 is 55.0 Å². The van der Waals surface area contributed by atoms with E-state index in [1.54, 1.807) is 90.9 Å². The van der Waals surface area contributed by atoms with E-state index < -0.39 is 54.6 Å². The van der Waals surface area contributed by atoms with Crippen LogP contribution in [0.15, 0.2) is 48.8 Å². The van der Waals surface area contributed by atoms with Gasteiger partial charge in [0.05, 0.1) is 118 Å². The molecule has 3 saturated carbocycles. The number of hydrogen-bond donors (Lipinski definition) is 8. The highest BCUT2D eigenvalue weighted by Crippen LogP contribution is 2.75. The Hall–Kier alpha value is -6.88. The van der Waals surface area contributed by atoms with E-state index in [4.69, 9.17) is 83.6 Å². The summed E-state index contributed by atoms with van der Waals surface area (Å²) >= 11 is 20.5. The average Bonchev–Trinajstić information content (AvgIpc) is 1.63. The number of halogens is 2. The average molecular weight is 1620 g/mol. The topological polar surface area (TPSA) is 370 Å². The minimum absolute atomic E-state index is 0.000193. The molecule has 7 amide bonds. The Labute approximate surface area is 653 Å². The van der Waals surface area contributed by atoms with Crippen LogP contribution in [0.3, 0.4) is 0 Å². The summed E-state index contributed by atoms with van der Waals surface area (Å²) in [6, 6.07) is 8.21. The summed E-state index contributed by atoms with van der Waals surface area (Å²) in [5, 5.41) is 10.2. The number of fused-ring (bicyclic) bond motifs is 6. The van der Waals surface area contributed by atoms with Gasteiger partial charge in [0.1, 0.15) is 18.7 Å². The number of carbonyl (C=O) groups is 7. The molecule has 3 aliphatic carbocycles. The van der Waals surface area contributed by atoms with Crippen LogP contribution < -0.4 is 40.7 Å². The van der Waals surface area contributed by atoms with E-state index in [9.17, 15) is 47.9 Å². The number of carbonyl (C=O) groups excluding carboxylic acids is 7. The summed E-state index contributed by atoms with van der Waals surface area (Å²) in [5.74, 6) is -1.83. The van der Waals surface area contributed by atoms with E-state index in [1.807, 2.05) is 31.2 Å². The van der Waals surface area contributed by atoms with Crippen LogP contribution in [0.25, 0.3) is 21.8 Å². The summed E-state index contributed by atoms with van der Waals surface area (Å²) in [4.78, 5) is 131. The van der Waals surface area contributed by atoms with Crippen molar-refractivity contribution in [2.75, 3.05) is 172 Å². The third kappa shape index (κ3) is 20.5. The van der Waals surface area contributed by atoms with Crippen molar-refractivity contribution in [3.05, 3.63) is 76.6 Å². The van der Waals surface area contributed by atoms with Gasteiger partial charge in [0, 0.05) is 124 Å². The molecular weight excluding hydrogens is 1510 g/mol. The molecule has 2 bridgehead atoms. The number of hydrogen-bond acceptors (Lipinski definition) is 20. The zero-order valence-electron chi connectivity index (χ0n) is 62.8. The highest BCUT2D eigenvalue weighted by molar-refractivity contribution is 7.99. The zero-order chi connectivity index (χ0) is 78.3. The van der Waals surface area contributed by atoms with Gasteiger partial charge in [-0.05, 0) is 123 Å². The number of phosphoric acid groups is 1. The van der Waals surface area contributed by atoms with Crippen molar-refractivity contribution in [3.8, 4) is 11.5 Å². The lowest BCUT2D eigenvalue weighted by Gasteiger charge is -2.69. The van der Waals surface area contributed by atoms with Gasteiger partial charge in [0.25, 0.3) is 5.17 Å². The molecule has 3 aromatic carbocycles. The van der Waals surface area contributed by atoms with Crippen LogP contribution in [0.5, 0.6) is 11.5 Å². The van der Waals surface area contributed by atoms with Gasteiger partial charge in [-0.25, -0.2) is 9.36 Å². The van der Waals surface area contributed by atoms with Gasteiger partial charge in [0.2, 0.25) is 35.4 Å². The van der Waals surface area contributed by atoms with Crippen LogP contribution in [0.2, 0.25) is 0 Å². The maximum absolute atomic E-state index is 15.0. The fourth-order valence-corrected chi connectivity index (χ4v) is 16.7. The maximum atomic E-state index is 15.0. The Morgan fingerprint density at radius 1 is 0.734 bits per heavy atom. The summed E-state index contributed by atoms with van der Waals surface area (Å²) in [5.41, 5.74) is 10.7. The monoisotopic (exact) mass is 1610 g/mol. The van der Waals surface area contributed by atoms with Crippen molar-refractivity contribution in [1.82, 2.24) is 35.3 Å². The van der Waals surface area contributed by atoms with Crippen LogP contribution in [0, 0.1) is 30.6 Å². The number of nitrogens with zero attached hydrogens (tertiary/aromatic N) is 5. The van der Waals surface area contributed by atoms with Gasteiger partial charge >= 0.3 is 13.9 Å². The van der Waals surface area contributed by atoms with Crippen molar-refractivity contribution in [3.63, 3.8) is 0 Å². The van der Waals surface area contributed by atoms with Crippen LogP contribution in [-0.4, -0.2) is 256 Å². The molecule has 35 heteroatoms. The molecule has 11 rings (SSSR count). The lowest BCUT2D eigenvalue weighted by Crippen LogP contribution is -2.73. The quantitative estimate of drug-likeness (QED) is 0.00807. The Morgan fingerprint density at radius 2 is 1.24 bits per heavy atom. The van der Waals surface area contributed by atoms with Crippen molar-refractivity contribution in [2.24, 2.45) is 22.5 Å². The third-order valence-electron chi connectivity index (χ3n) is 20.6. The molecular formula is C74H102Cl2N11O19PS2. The molecule has 0 spiro atoms. The number of ether oxygens (including phenoxy) is 8. The smallest absolute Gasteiger partial charge is 0.466 e. The molecule has 5 heterocycles. The first-order valence-corrected chi connectivity index (χ1v) is 41.1. The van der Waals surface area contributed by atoms with E-state index in [-0.39, 0.29) is 135 Å². The number of nitrogens with one attached hydrogen (secondary N) is 5. The molecule has 4 fully saturated rings. The summed E-state index contributed by atoms with van der Waals surface area (Å²) < 4.78 is 62.7. The molecule has 5 atom stereocenters. The molecule has 109 heavy (non-hydrogen) atoms. The van der Waals surface area contributed by atoms with E-state index in [2.05, 4.69) is 25.9 Å². The highest BCUT2D eigenvalue weighted by Gasteiger charge is 2.76. The van der Waals surface area contributed by atoms with E-state index in [1.165, 1.54) is 11.0 Å². The molecule has 3 aliphatic heterocycles. The van der Waals surface area contributed by atoms with Gasteiger partial charge < -0.3 is 98.6 Å². The molecule has 5 unspecified atom stereocenters. The number of aromatic amines is 2. The van der Waals surface area contributed by atoms with Gasteiger partial charge in [-0.3, -0.25) is 38.6 Å². The second kappa shape index (κ2) is 38.6. The van der Waals surface area contributed by atoms with Crippen LogP contribution in [0.4, 0.5) is 21.9 Å². The minimum atomic E-state index is -4.99. The van der Waals surface area contributed by atoms with Crippen molar-refractivity contribution in [1.29, 1.82) is 0 Å². The summed E-state index contributed by atoms with van der Waals surface area (Å²) in [7, 11) is -1.66. The van der Waals surface area contributed by atoms with Crippen LogP contribution in [0.1, 0.15) is 98.4 Å². The molecule has 30 nitrogen and oxygen atoms in total. The Morgan fingerprint density at radius 3 is 1.73 bits per heavy atom. The number of phosphoric ester groups is 1. The van der Waals surface area contributed by atoms with Crippen molar-refractivity contribution in [2.45, 2.75) is 108 Å². The van der Waals surface area contributed by atoms with Gasteiger partial charge in [-0.2, -0.15) is 11.8 Å². The minimum Gasteiger partial charge on any atom is -0.466 e. The fourth-order valence-electron chi connectivity index (χ4n) is 14.9. The fraction of sp³-hybridized carbons (Fsp3) is 0.595. The highest BCUT2D eigenvalue weighted by atomic mass is 35.5.